The number of amides is 1. The molecule has 1 amide bonds. The summed E-state index contributed by atoms with van der Waals surface area (Å²) in [6.45, 7) is 2.05. The number of hydrogen-bond donors (Lipinski definition) is 3. The van der Waals surface area contributed by atoms with Gasteiger partial charge >= 0.3 is 0 Å². The highest BCUT2D eigenvalue weighted by Crippen LogP contribution is 2.31. The fraction of sp³-hybridized carbons (Fsp3) is 0.111. The van der Waals surface area contributed by atoms with Crippen LogP contribution in [-0.4, -0.2) is 16.1 Å². The average molecular weight is 304 g/mol. The molecule has 1 aliphatic heterocycles. The second kappa shape index (κ2) is 5.28. The van der Waals surface area contributed by atoms with Crippen LogP contribution in [0.2, 0.25) is 0 Å². The molecule has 2 heterocycles. The summed E-state index contributed by atoms with van der Waals surface area (Å²) >= 11 is 0. The van der Waals surface area contributed by atoms with Crippen molar-refractivity contribution in [2.24, 2.45) is 0 Å². The third-order valence-corrected chi connectivity index (χ3v) is 4.07. The normalized spacial score (nSPS) is 16.4. The lowest BCUT2D eigenvalue weighted by Gasteiger charge is -2.27. The molecule has 1 aromatic heterocycles. The van der Waals surface area contributed by atoms with Crippen molar-refractivity contribution in [2.45, 2.75) is 13.1 Å². The molecule has 23 heavy (non-hydrogen) atoms. The summed E-state index contributed by atoms with van der Waals surface area (Å²) in [5, 5.41) is 13.5. The number of anilines is 1. The zero-order valence-electron chi connectivity index (χ0n) is 12.6. The van der Waals surface area contributed by atoms with E-state index in [1.54, 1.807) is 6.20 Å². The Hall–Kier alpha value is -3.08. The fourth-order valence-corrected chi connectivity index (χ4v) is 2.83. The Bertz CT molecular complexity index is 867. The van der Waals surface area contributed by atoms with Crippen molar-refractivity contribution in [3.05, 3.63) is 71.4 Å². The Morgan fingerprint density at radius 1 is 1.00 bits per heavy atom. The SMILES string of the molecule is Cc1ccc(-c2[nH]ncc2[C@H]2NC(=O)c3ccccc3N2)cc1. The van der Waals surface area contributed by atoms with E-state index in [0.29, 0.717) is 5.56 Å². The first-order valence-corrected chi connectivity index (χ1v) is 7.49. The molecular weight excluding hydrogens is 288 g/mol. The number of aromatic amines is 1. The summed E-state index contributed by atoms with van der Waals surface area (Å²) in [4.78, 5) is 12.3. The Kier molecular flexibility index (Phi) is 3.12. The van der Waals surface area contributed by atoms with E-state index in [4.69, 9.17) is 0 Å². The van der Waals surface area contributed by atoms with E-state index in [2.05, 4.69) is 39.9 Å². The van der Waals surface area contributed by atoms with Crippen LogP contribution in [-0.2, 0) is 0 Å². The Balaban J connectivity index is 1.72. The van der Waals surface area contributed by atoms with Crippen molar-refractivity contribution in [1.82, 2.24) is 15.5 Å². The van der Waals surface area contributed by atoms with Crippen molar-refractivity contribution in [1.29, 1.82) is 0 Å². The summed E-state index contributed by atoms with van der Waals surface area (Å²) in [6, 6.07) is 15.7. The maximum absolute atomic E-state index is 12.3. The lowest BCUT2D eigenvalue weighted by Crippen LogP contribution is -2.38. The molecule has 0 aliphatic carbocycles. The largest absolute Gasteiger partial charge is 0.361 e. The van der Waals surface area contributed by atoms with Gasteiger partial charge < -0.3 is 10.6 Å². The third kappa shape index (κ3) is 2.36. The van der Waals surface area contributed by atoms with Crippen LogP contribution in [0, 0.1) is 6.92 Å². The first kappa shape index (κ1) is 13.6. The predicted octanol–water partition coefficient (Wildman–Crippen LogP) is 3.24. The molecule has 0 fully saturated rings. The van der Waals surface area contributed by atoms with Crippen LogP contribution in [0.25, 0.3) is 11.3 Å². The van der Waals surface area contributed by atoms with Gasteiger partial charge in [0.05, 0.1) is 17.5 Å². The highest BCUT2D eigenvalue weighted by Gasteiger charge is 2.27. The van der Waals surface area contributed by atoms with Crippen LogP contribution in [0.1, 0.15) is 27.7 Å². The molecule has 3 N–H and O–H groups in total. The van der Waals surface area contributed by atoms with E-state index >= 15 is 0 Å². The minimum absolute atomic E-state index is 0.0830. The molecular formula is C18H16N4O. The second-order valence-corrected chi connectivity index (χ2v) is 5.66. The minimum Gasteiger partial charge on any atom is -0.361 e. The maximum atomic E-state index is 12.3. The van der Waals surface area contributed by atoms with Gasteiger partial charge in [-0.1, -0.05) is 42.0 Å². The summed E-state index contributed by atoms with van der Waals surface area (Å²) in [5.74, 6) is -0.0830. The number of carbonyl (C=O) groups excluding carboxylic acids is 1. The first-order chi connectivity index (χ1) is 11.2. The molecule has 4 rings (SSSR count). The van der Waals surface area contributed by atoms with E-state index in [0.717, 1.165) is 22.5 Å². The number of H-pyrrole nitrogens is 1. The summed E-state index contributed by atoms with van der Waals surface area (Å²) in [5.41, 5.74) is 5.55. The molecule has 0 spiro atoms. The number of rotatable bonds is 2. The number of nitrogens with one attached hydrogen (secondary N) is 3. The van der Waals surface area contributed by atoms with Crippen LogP contribution < -0.4 is 10.6 Å². The Labute approximate surface area is 133 Å². The third-order valence-electron chi connectivity index (χ3n) is 4.07. The minimum atomic E-state index is -0.313. The van der Waals surface area contributed by atoms with Crippen LogP contribution >= 0.6 is 0 Å². The summed E-state index contributed by atoms with van der Waals surface area (Å²) in [7, 11) is 0. The highest BCUT2D eigenvalue weighted by atomic mass is 16.2. The molecule has 5 nitrogen and oxygen atoms in total. The number of benzene rings is 2. The van der Waals surface area contributed by atoms with Crippen molar-refractivity contribution in [3.8, 4) is 11.3 Å². The lowest BCUT2D eigenvalue weighted by molar-refractivity contribution is 0.0936. The molecule has 5 heteroatoms. The van der Waals surface area contributed by atoms with Gasteiger partial charge in [0.2, 0.25) is 0 Å². The number of aryl methyl sites for hydroxylation is 1. The van der Waals surface area contributed by atoms with Crippen LogP contribution in [0.4, 0.5) is 5.69 Å². The molecule has 0 unspecified atom stereocenters. The van der Waals surface area contributed by atoms with Gasteiger partial charge in [-0.3, -0.25) is 9.89 Å². The number of para-hydroxylation sites is 1. The molecule has 0 saturated heterocycles. The molecule has 114 valence electrons. The van der Waals surface area contributed by atoms with Crippen molar-refractivity contribution >= 4 is 11.6 Å². The number of nitrogens with zero attached hydrogens (tertiary/aromatic N) is 1. The molecule has 3 aromatic rings. The first-order valence-electron chi connectivity index (χ1n) is 7.49. The van der Waals surface area contributed by atoms with Crippen molar-refractivity contribution in [3.63, 3.8) is 0 Å². The molecule has 1 aliphatic rings. The molecule has 1 atom stereocenters. The number of aromatic nitrogens is 2. The van der Waals surface area contributed by atoms with Gasteiger partial charge in [-0.2, -0.15) is 5.10 Å². The lowest BCUT2D eigenvalue weighted by atomic mass is 10.0. The van der Waals surface area contributed by atoms with E-state index in [1.165, 1.54) is 5.56 Å². The van der Waals surface area contributed by atoms with E-state index in [-0.39, 0.29) is 12.1 Å². The highest BCUT2D eigenvalue weighted by molar-refractivity contribution is 6.01. The summed E-state index contributed by atoms with van der Waals surface area (Å²) in [6.07, 6.45) is 1.44. The molecule has 0 bridgehead atoms. The van der Waals surface area contributed by atoms with Crippen LogP contribution in [0.3, 0.4) is 0 Å². The van der Waals surface area contributed by atoms with Crippen LogP contribution in [0.5, 0.6) is 0 Å². The smallest absolute Gasteiger partial charge is 0.255 e. The topological polar surface area (TPSA) is 69.8 Å². The standard InChI is InChI=1S/C18H16N4O/c1-11-6-8-12(9-7-11)16-14(10-19-22-16)17-20-15-5-3-2-4-13(15)18(23)21-17/h2-10,17,20H,1H3,(H,19,22)(H,21,23)/t17-/m1/s1. The van der Waals surface area contributed by atoms with Gasteiger partial charge in [-0.15, -0.1) is 0 Å². The fourth-order valence-electron chi connectivity index (χ4n) is 2.83. The molecule has 0 saturated carbocycles. The number of hydrogen-bond acceptors (Lipinski definition) is 3. The zero-order chi connectivity index (χ0) is 15.8. The van der Waals surface area contributed by atoms with Crippen LogP contribution in [0.15, 0.2) is 54.7 Å². The quantitative estimate of drug-likeness (QED) is 0.680. The van der Waals surface area contributed by atoms with E-state index < -0.39 is 0 Å². The maximum Gasteiger partial charge on any atom is 0.255 e. The number of carbonyl (C=O) groups is 1. The second-order valence-electron chi connectivity index (χ2n) is 5.66. The predicted molar refractivity (Wildman–Crippen MR) is 89.0 cm³/mol. The van der Waals surface area contributed by atoms with Gasteiger partial charge in [-0.05, 0) is 24.6 Å². The average Bonchev–Trinajstić information content (AvgIpc) is 3.05. The van der Waals surface area contributed by atoms with Gasteiger partial charge in [0.1, 0.15) is 6.17 Å². The molecule has 2 aromatic carbocycles. The van der Waals surface area contributed by atoms with Gasteiger partial charge in [0.25, 0.3) is 5.91 Å². The summed E-state index contributed by atoms with van der Waals surface area (Å²) < 4.78 is 0. The van der Waals surface area contributed by atoms with Gasteiger partial charge in [0, 0.05) is 11.3 Å². The van der Waals surface area contributed by atoms with E-state index in [1.807, 2.05) is 36.4 Å². The van der Waals surface area contributed by atoms with Crippen molar-refractivity contribution < 1.29 is 4.79 Å². The van der Waals surface area contributed by atoms with Gasteiger partial charge in [0.15, 0.2) is 0 Å². The Morgan fingerprint density at radius 2 is 1.78 bits per heavy atom. The molecule has 0 radical (unpaired) electrons. The van der Waals surface area contributed by atoms with Crippen molar-refractivity contribution in [2.75, 3.05) is 5.32 Å². The zero-order valence-corrected chi connectivity index (χ0v) is 12.6. The number of fused-ring (bicyclic) bond motifs is 1. The van der Waals surface area contributed by atoms with Gasteiger partial charge in [-0.25, -0.2) is 0 Å². The van der Waals surface area contributed by atoms with E-state index in [9.17, 15) is 4.79 Å². The monoisotopic (exact) mass is 304 g/mol. The Morgan fingerprint density at radius 3 is 2.61 bits per heavy atom.